The molecule has 2 atom stereocenters. The first-order valence-corrected chi connectivity index (χ1v) is 14.8. The van der Waals surface area contributed by atoms with Crippen molar-refractivity contribution in [1.82, 2.24) is 25.2 Å². The molecule has 2 aromatic heterocycles. The van der Waals surface area contributed by atoms with Crippen molar-refractivity contribution in [2.24, 2.45) is 5.41 Å². The second kappa shape index (κ2) is 10.7. The molecule has 228 valence electrons. The number of pyridine rings is 1. The summed E-state index contributed by atoms with van der Waals surface area (Å²) in [4.78, 5) is 18.3. The van der Waals surface area contributed by atoms with Crippen molar-refractivity contribution in [2.45, 2.75) is 37.8 Å². The van der Waals surface area contributed by atoms with E-state index in [1.807, 2.05) is 14.1 Å². The number of ether oxygens (including phenoxy) is 2. The number of benzene rings is 2. The number of aromatic nitrogens is 3. The molecule has 3 aliphatic rings. The highest BCUT2D eigenvalue weighted by Crippen LogP contribution is 2.47. The molecular weight excluding hydrogens is 566 g/mol. The Morgan fingerprint density at radius 3 is 2.52 bits per heavy atom. The number of anilines is 1. The quantitative estimate of drug-likeness (QED) is 0.284. The number of halogens is 2. The monoisotopic (exact) mass is 600 g/mol. The van der Waals surface area contributed by atoms with Crippen LogP contribution in [-0.4, -0.2) is 84.5 Å². The SMILES string of the molecule is C#Cc1c(F)ccc2cc(O)cc(-c3nc(OC)c4c(N5CC6CCC(C5)N6)nc(OCC5(CN(C)C)CC5)nc4c3F)c12. The largest absolute Gasteiger partial charge is 0.508 e. The van der Waals surface area contributed by atoms with E-state index in [4.69, 9.17) is 20.9 Å². The van der Waals surface area contributed by atoms with Crippen LogP contribution in [0.3, 0.4) is 0 Å². The standard InChI is InChI=1S/C33H34F2N6O3/c1-5-22-24(34)9-6-18-12-21(42)13-23(25(18)22)28-27(35)29-26(31(37-28)43-4)30(41-14-19-7-8-20(15-41)36-19)39-32(38-29)44-17-33(10-11-33)16-40(2)3/h1,6,9,12-13,19-20,36,42H,7-8,10-11,14-17H2,2-4H3. The Kier molecular flexibility index (Phi) is 6.94. The molecule has 44 heavy (non-hydrogen) atoms. The summed E-state index contributed by atoms with van der Waals surface area (Å²) < 4.78 is 43.7. The van der Waals surface area contributed by atoms with E-state index in [9.17, 15) is 9.50 Å². The molecule has 0 radical (unpaired) electrons. The van der Waals surface area contributed by atoms with Gasteiger partial charge in [-0.1, -0.05) is 12.0 Å². The third-order valence-electron chi connectivity index (χ3n) is 8.99. The molecule has 2 aromatic carbocycles. The van der Waals surface area contributed by atoms with E-state index in [1.165, 1.54) is 31.4 Å². The number of phenolic OH excluding ortho intramolecular Hbond substituents is 1. The Morgan fingerprint density at radius 2 is 1.86 bits per heavy atom. The maximum Gasteiger partial charge on any atom is 0.319 e. The molecular formula is C33H34F2N6O3. The van der Waals surface area contributed by atoms with E-state index in [0.717, 1.165) is 32.2 Å². The molecule has 0 spiro atoms. The number of phenols is 1. The molecule has 0 amide bonds. The number of aromatic hydroxyl groups is 1. The Balaban J connectivity index is 1.44. The highest BCUT2D eigenvalue weighted by atomic mass is 19.1. The summed E-state index contributed by atoms with van der Waals surface area (Å²) >= 11 is 0. The molecule has 2 saturated heterocycles. The molecule has 4 aromatic rings. The van der Waals surface area contributed by atoms with E-state index in [-0.39, 0.29) is 62.9 Å². The van der Waals surface area contributed by atoms with Crippen molar-refractivity contribution >= 4 is 27.5 Å². The first-order valence-electron chi connectivity index (χ1n) is 14.8. The maximum atomic E-state index is 16.9. The van der Waals surface area contributed by atoms with Crippen LogP contribution in [0.2, 0.25) is 0 Å². The van der Waals surface area contributed by atoms with E-state index in [1.54, 1.807) is 0 Å². The van der Waals surface area contributed by atoms with Crippen molar-refractivity contribution in [2.75, 3.05) is 52.3 Å². The Hall–Kier alpha value is -4.27. The van der Waals surface area contributed by atoms with Crippen molar-refractivity contribution < 1.29 is 23.4 Å². The van der Waals surface area contributed by atoms with E-state index >= 15 is 4.39 Å². The normalized spacial score (nSPS) is 20.3. The van der Waals surface area contributed by atoms with Crippen molar-refractivity contribution in [3.8, 4) is 41.2 Å². The van der Waals surface area contributed by atoms with Crippen LogP contribution in [-0.2, 0) is 0 Å². The number of fused-ring (bicyclic) bond motifs is 4. The highest BCUT2D eigenvalue weighted by Gasteiger charge is 2.44. The lowest BCUT2D eigenvalue weighted by Gasteiger charge is -2.34. The van der Waals surface area contributed by atoms with Gasteiger partial charge < -0.3 is 29.7 Å². The van der Waals surface area contributed by atoms with E-state index < -0.39 is 11.6 Å². The van der Waals surface area contributed by atoms with Crippen LogP contribution >= 0.6 is 0 Å². The molecule has 7 rings (SSSR count). The summed E-state index contributed by atoms with van der Waals surface area (Å²) in [7, 11) is 5.51. The molecule has 2 N–H and O–H groups in total. The molecule has 2 unspecified atom stereocenters. The van der Waals surface area contributed by atoms with Crippen molar-refractivity contribution in [3.05, 3.63) is 41.5 Å². The lowest BCUT2D eigenvalue weighted by Crippen LogP contribution is -2.51. The molecule has 2 bridgehead atoms. The van der Waals surface area contributed by atoms with Gasteiger partial charge in [0.25, 0.3) is 0 Å². The molecule has 9 nitrogen and oxygen atoms in total. The van der Waals surface area contributed by atoms with Gasteiger partial charge >= 0.3 is 6.01 Å². The van der Waals surface area contributed by atoms with Crippen LogP contribution in [0.1, 0.15) is 31.2 Å². The van der Waals surface area contributed by atoms with Gasteiger partial charge in [0.05, 0.1) is 19.3 Å². The molecule has 3 fully saturated rings. The van der Waals surface area contributed by atoms with Crippen LogP contribution in [0.4, 0.5) is 14.6 Å². The summed E-state index contributed by atoms with van der Waals surface area (Å²) in [6, 6.07) is 6.12. The van der Waals surface area contributed by atoms with Gasteiger partial charge in [0.1, 0.15) is 34.0 Å². The van der Waals surface area contributed by atoms with Gasteiger partial charge in [0, 0.05) is 48.1 Å². The zero-order valence-electron chi connectivity index (χ0n) is 25.0. The Labute approximate surface area is 254 Å². The molecule has 2 aliphatic heterocycles. The first-order chi connectivity index (χ1) is 21.2. The van der Waals surface area contributed by atoms with Gasteiger partial charge in [-0.15, -0.1) is 6.42 Å². The number of rotatable bonds is 8. The fraction of sp³-hybridized carbons (Fsp3) is 0.424. The third-order valence-corrected chi connectivity index (χ3v) is 8.99. The smallest absolute Gasteiger partial charge is 0.319 e. The minimum Gasteiger partial charge on any atom is -0.508 e. The van der Waals surface area contributed by atoms with Crippen LogP contribution < -0.4 is 19.7 Å². The number of nitrogens with one attached hydrogen (secondary N) is 1. The summed E-state index contributed by atoms with van der Waals surface area (Å²) in [5, 5.41) is 15.2. The second-order valence-electron chi connectivity index (χ2n) is 12.6. The van der Waals surface area contributed by atoms with Gasteiger partial charge in [0.15, 0.2) is 5.82 Å². The highest BCUT2D eigenvalue weighted by molar-refractivity contribution is 6.04. The van der Waals surface area contributed by atoms with Crippen molar-refractivity contribution in [3.63, 3.8) is 0 Å². The number of piperazine rings is 1. The minimum atomic E-state index is -0.777. The average molecular weight is 601 g/mol. The fourth-order valence-corrected chi connectivity index (χ4v) is 6.86. The van der Waals surface area contributed by atoms with Crippen LogP contribution in [0.15, 0.2) is 24.3 Å². The topological polar surface area (TPSA) is 95.9 Å². The molecule has 1 aliphatic carbocycles. The summed E-state index contributed by atoms with van der Waals surface area (Å²) in [6.07, 6.45) is 9.85. The number of nitrogens with zero attached hydrogens (tertiary/aromatic N) is 5. The zero-order valence-corrected chi connectivity index (χ0v) is 25.0. The summed E-state index contributed by atoms with van der Waals surface area (Å²) in [6.45, 7) is 2.63. The summed E-state index contributed by atoms with van der Waals surface area (Å²) in [5.74, 6) is 1.41. The number of hydrogen-bond donors (Lipinski definition) is 2. The predicted molar refractivity (Wildman–Crippen MR) is 164 cm³/mol. The zero-order chi connectivity index (χ0) is 30.7. The number of methoxy groups -OCH3 is 1. The Bertz CT molecular complexity index is 1830. The molecule has 1 saturated carbocycles. The van der Waals surface area contributed by atoms with Gasteiger partial charge in [-0.25, -0.2) is 13.8 Å². The van der Waals surface area contributed by atoms with Crippen molar-refractivity contribution in [1.29, 1.82) is 0 Å². The van der Waals surface area contributed by atoms with Crippen LogP contribution in [0.5, 0.6) is 17.6 Å². The second-order valence-corrected chi connectivity index (χ2v) is 12.6. The van der Waals surface area contributed by atoms with Gasteiger partial charge in [-0.05, 0) is 63.4 Å². The molecule has 11 heteroatoms. The third kappa shape index (κ3) is 4.92. The van der Waals surface area contributed by atoms with E-state index in [2.05, 4.69) is 31.0 Å². The lowest BCUT2D eigenvalue weighted by molar-refractivity contribution is 0.183. The van der Waals surface area contributed by atoms with Gasteiger partial charge in [0.2, 0.25) is 5.88 Å². The Morgan fingerprint density at radius 1 is 1.11 bits per heavy atom. The number of hydrogen-bond acceptors (Lipinski definition) is 9. The average Bonchev–Trinajstić information content (AvgIpc) is 3.68. The minimum absolute atomic E-state index is 0.00590. The fourth-order valence-electron chi connectivity index (χ4n) is 6.86. The van der Waals surface area contributed by atoms with Crippen LogP contribution in [0, 0.1) is 29.4 Å². The van der Waals surface area contributed by atoms with Gasteiger partial charge in [-0.2, -0.15) is 9.97 Å². The first kappa shape index (κ1) is 28.5. The van der Waals surface area contributed by atoms with Crippen LogP contribution in [0.25, 0.3) is 32.9 Å². The maximum absolute atomic E-state index is 16.9. The lowest BCUT2D eigenvalue weighted by atomic mass is 9.95. The predicted octanol–water partition coefficient (Wildman–Crippen LogP) is 4.48. The van der Waals surface area contributed by atoms with Gasteiger partial charge in [-0.3, -0.25) is 0 Å². The van der Waals surface area contributed by atoms with E-state index in [0.29, 0.717) is 36.3 Å². The number of terminal acetylenes is 1. The molecule has 4 heterocycles. The summed E-state index contributed by atoms with van der Waals surface area (Å²) in [5.41, 5.74) is -0.149.